The van der Waals surface area contributed by atoms with Gasteiger partial charge >= 0.3 is 15.0 Å². The molecule has 0 heterocycles. The van der Waals surface area contributed by atoms with E-state index in [9.17, 15) is 0 Å². The fraction of sp³-hybridized carbons (Fsp3) is 0.182. The Labute approximate surface area is 168 Å². The summed E-state index contributed by atoms with van der Waals surface area (Å²) in [5.41, 5.74) is 4.37. The van der Waals surface area contributed by atoms with E-state index >= 15 is 0 Å². The molecule has 3 rings (SSSR count). The highest BCUT2D eigenvalue weighted by Crippen LogP contribution is 2.08. The van der Waals surface area contributed by atoms with Crippen LogP contribution in [0.4, 0.5) is 11.4 Å². The molecular formula is C22H26B2N2O2. The van der Waals surface area contributed by atoms with Crippen LogP contribution < -0.4 is 21.6 Å². The molecule has 0 fully saturated rings. The van der Waals surface area contributed by atoms with Crippen molar-refractivity contribution in [3.05, 3.63) is 84.9 Å². The SMILES string of the molecule is CC(Nc1ccccc1)OBc1ccccc1BOC(C)Nc1ccccc1. The molecule has 0 bridgehead atoms. The lowest BCUT2D eigenvalue weighted by Crippen LogP contribution is -2.41. The van der Waals surface area contributed by atoms with E-state index in [1.165, 1.54) is 0 Å². The first-order chi connectivity index (χ1) is 13.7. The van der Waals surface area contributed by atoms with Gasteiger partial charge in [-0.05, 0) is 38.1 Å². The van der Waals surface area contributed by atoms with Crippen molar-refractivity contribution in [3.8, 4) is 0 Å². The number of nitrogens with one attached hydrogen (secondary N) is 2. The molecule has 0 saturated heterocycles. The van der Waals surface area contributed by atoms with Crippen molar-refractivity contribution in [2.45, 2.75) is 26.3 Å². The first-order valence-electron chi connectivity index (χ1n) is 9.64. The van der Waals surface area contributed by atoms with Crippen molar-refractivity contribution in [2.75, 3.05) is 10.6 Å². The van der Waals surface area contributed by atoms with Gasteiger partial charge in [0.2, 0.25) is 0 Å². The van der Waals surface area contributed by atoms with Crippen molar-refractivity contribution in [1.82, 2.24) is 0 Å². The Morgan fingerprint density at radius 1 is 0.571 bits per heavy atom. The van der Waals surface area contributed by atoms with Gasteiger partial charge in [0.05, 0.1) is 0 Å². The second-order valence-electron chi connectivity index (χ2n) is 6.70. The number of anilines is 2. The first kappa shape index (κ1) is 20.1. The molecule has 0 spiro atoms. The van der Waals surface area contributed by atoms with E-state index in [-0.39, 0.29) is 12.5 Å². The van der Waals surface area contributed by atoms with Gasteiger partial charge in [0, 0.05) is 11.4 Å². The number of hydrogen-bond donors (Lipinski definition) is 2. The van der Waals surface area contributed by atoms with Crippen molar-refractivity contribution in [1.29, 1.82) is 0 Å². The molecule has 0 aliphatic carbocycles. The maximum absolute atomic E-state index is 5.99. The largest absolute Gasteiger partial charge is 0.416 e. The van der Waals surface area contributed by atoms with Crippen LogP contribution in [0.15, 0.2) is 84.9 Å². The Hall–Kier alpha value is -2.69. The Kier molecular flexibility index (Phi) is 7.59. The van der Waals surface area contributed by atoms with E-state index < -0.39 is 0 Å². The molecule has 2 unspecified atom stereocenters. The van der Waals surface area contributed by atoms with Crippen LogP contribution in [0, 0.1) is 0 Å². The van der Waals surface area contributed by atoms with Gasteiger partial charge in [-0.3, -0.25) is 0 Å². The minimum absolute atomic E-state index is 0.0879. The average molecular weight is 372 g/mol. The number of hydrogen-bond acceptors (Lipinski definition) is 4. The average Bonchev–Trinajstić information content (AvgIpc) is 2.73. The summed E-state index contributed by atoms with van der Waals surface area (Å²) in [4.78, 5) is 0. The van der Waals surface area contributed by atoms with E-state index in [0.717, 1.165) is 22.3 Å². The Morgan fingerprint density at radius 3 is 1.32 bits per heavy atom. The van der Waals surface area contributed by atoms with Crippen molar-refractivity contribution < 1.29 is 9.31 Å². The summed E-state index contributed by atoms with van der Waals surface area (Å²) in [6.45, 7) is 4.02. The standard InChI is InChI=1S/C22H26B2N2O2/c1-17(25-19-11-5-3-6-12-19)27-23-21-15-9-10-16-22(21)24-28-18(2)26-20-13-7-4-8-14-20/h3-18,23-26H,1-2H3. The lowest BCUT2D eigenvalue weighted by Gasteiger charge is -2.19. The van der Waals surface area contributed by atoms with Gasteiger partial charge in [0.15, 0.2) is 0 Å². The van der Waals surface area contributed by atoms with Crippen LogP contribution in [0.3, 0.4) is 0 Å². The molecule has 0 amide bonds. The smallest absolute Gasteiger partial charge is 0.310 e. The molecule has 0 aliphatic heterocycles. The molecular weight excluding hydrogens is 346 g/mol. The molecule has 3 aromatic rings. The minimum atomic E-state index is -0.0879. The molecule has 0 aliphatic rings. The molecule has 0 aromatic heterocycles. The Balaban J connectivity index is 1.49. The van der Waals surface area contributed by atoms with Gasteiger partial charge in [-0.2, -0.15) is 0 Å². The molecule has 6 heteroatoms. The molecule has 3 aromatic carbocycles. The summed E-state index contributed by atoms with van der Waals surface area (Å²) in [5.74, 6) is 0. The highest BCUT2D eigenvalue weighted by Gasteiger charge is 2.11. The maximum Gasteiger partial charge on any atom is 0.310 e. The zero-order valence-electron chi connectivity index (χ0n) is 16.5. The molecule has 0 saturated carbocycles. The van der Waals surface area contributed by atoms with Crippen molar-refractivity contribution >= 4 is 37.3 Å². The number of rotatable bonds is 10. The van der Waals surface area contributed by atoms with E-state index in [0.29, 0.717) is 15.0 Å². The van der Waals surface area contributed by atoms with Crippen LogP contribution in [-0.2, 0) is 9.31 Å². The summed E-state index contributed by atoms with van der Waals surface area (Å²) < 4.78 is 12.0. The third-order valence-corrected chi connectivity index (χ3v) is 4.38. The van der Waals surface area contributed by atoms with E-state index in [4.69, 9.17) is 9.31 Å². The Bertz CT molecular complexity index is 764. The number of benzene rings is 3. The fourth-order valence-corrected chi connectivity index (χ4v) is 2.89. The van der Waals surface area contributed by atoms with E-state index in [1.54, 1.807) is 0 Å². The summed E-state index contributed by atoms with van der Waals surface area (Å²) in [5, 5.41) is 6.69. The van der Waals surface area contributed by atoms with Crippen molar-refractivity contribution in [3.63, 3.8) is 0 Å². The number of para-hydroxylation sites is 2. The Morgan fingerprint density at radius 2 is 0.929 bits per heavy atom. The maximum atomic E-state index is 5.99. The van der Waals surface area contributed by atoms with E-state index in [2.05, 4.69) is 22.8 Å². The van der Waals surface area contributed by atoms with Crippen LogP contribution in [-0.4, -0.2) is 27.4 Å². The third-order valence-electron chi connectivity index (χ3n) is 4.38. The normalized spacial score (nSPS) is 12.6. The van der Waals surface area contributed by atoms with Crippen molar-refractivity contribution in [2.24, 2.45) is 0 Å². The molecule has 4 nitrogen and oxygen atoms in total. The molecule has 0 radical (unpaired) electrons. The van der Waals surface area contributed by atoms with Gasteiger partial charge in [0.25, 0.3) is 0 Å². The van der Waals surface area contributed by atoms with Crippen LogP contribution in [0.25, 0.3) is 0 Å². The molecule has 2 atom stereocenters. The van der Waals surface area contributed by atoms with Gasteiger partial charge in [-0.15, -0.1) is 0 Å². The topological polar surface area (TPSA) is 42.5 Å². The van der Waals surface area contributed by atoms with Crippen LogP contribution in [0.2, 0.25) is 0 Å². The first-order valence-corrected chi connectivity index (χ1v) is 9.64. The van der Waals surface area contributed by atoms with Gasteiger partial charge in [-0.25, -0.2) is 0 Å². The van der Waals surface area contributed by atoms with Crippen LogP contribution in [0.1, 0.15) is 13.8 Å². The van der Waals surface area contributed by atoms with Gasteiger partial charge in [0.1, 0.15) is 12.5 Å². The van der Waals surface area contributed by atoms with Crippen LogP contribution in [0.5, 0.6) is 0 Å². The highest BCUT2D eigenvalue weighted by atomic mass is 16.5. The quantitative estimate of drug-likeness (QED) is 0.424. The monoisotopic (exact) mass is 372 g/mol. The van der Waals surface area contributed by atoms with Gasteiger partial charge in [-0.1, -0.05) is 71.6 Å². The lowest BCUT2D eigenvalue weighted by molar-refractivity contribution is 0.267. The second-order valence-corrected chi connectivity index (χ2v) is 6.70. The third kappa shape index (κ3) is 6.48. The lowest BCUT2D eigenvalue weighted by atomic mass is 9.73. The summed E-state index contributed by atoms with van der Waals surface area (Å²) >= 11 is 0. The van der Waals surface area contributed by atoms with Crippen LogP contribution >= 0.6 is 0 Å². The molecule has 142 valence electrons. The predicted octanol–water partition coefficient (Wildman–Crippen LogP) is 2.59. The predicted molar refractivity (Wildman–Crippen MR) is 121 cm³/mol. The zero-order chi connectivity index (χ0) is 19.6. The highest BCUT2D eigenvalue weighted by molar-refractivity contribution is 6.61. The zero-order valence-corrected chi connectivity index (χ0v) is 16.5. The summed E-state index contributed by atoms with van der Waals surface area (Å²) in [6, 6.07) is 28.4. The second kappa shape index (κ2) is 10.6. The van der Waals surface area contributed by atoms with Gasteiger partial charge < -0.3 is 19.9 Å². The molecule has 2 N–H and O–H groups in total. The molecule has 28 heavy (non-hydrogen) atoms. The summed E-state index contributed by atoms with van der Waals surface area (Å²) in [7, 11) is 1.06. The minimum Gasteiger partial charge on any atom is -0.416 e. The summed E-state index contributed by atoms with van der Waals surface area (Å²) in [6.07, 6.45) is -0.176. The van der Waals surface area contributed by atoms with E-state index in [1.807, 2.05) is 86.6 Å². The fourth-order valence-electron chi connectivity index (χ4n) is 2.89.